The molecule has 0 radical (unpaired) electrons. The predicted molar refractivity (Wildman–Crippen MR) is 126 cm³/mol. The minimum Gasteiger partial charge on any atom is -0.496 e. The van der Waals surface area contributed by atoms with Crippen LogP contribution >= 0.6 is 23.2 Å². The highest BCUT2D eigenvalue weighted by atomic mass is 35.5. The monoisotopic (exact) mass is 489 g/mol. The molecule has 4 rings (SSSR count). The van der Waals surface area contributed by atoms with Crippen LogP contribution in [0.5, 0.6) is 11.5 Å². The third kappa shape index (κ3) is 4.87. The number of amides is 1. The summed E-state index contributed by atoms with van der Waals surface area (Å²) >= 11 is 12.3. The Labute approximate surface area is 202 Å². The van der Waals surface area contributed by atoms with Gasteiger partial charge in [-0.2, -0.15) is 0 Å². The van der Waals surface area contributed by atoms with Crippen LogP contribution < -0.4 is 9.47 Å². The summed E-state index contributed by atoms with van der Waals surface area (Å²) < 4.78 is 11.5. The maximum absolute atomic E-state index is 12.8. The van der Waals surface area contributed by atoms with Crippen molar-refractivity contribution in [3.63, 3.8) is 0 Å². The fourth-order valence-corrected chi connectivity index (χ4v) is 5.04. The molecule has 2 aromatic carbocycles. The van der Waals surface area contributed by atoms with Crippen LogP contribution in [0.2, 0.25) is 10.0 Å². The number of aryl methyl sites for hydroxylation is 1. The number of Topliss-reactive ketones (excluding diaryl/α,β-unsaturated/α-hetero) is 2. The smallest absolute Gasteiger partial charge is 0.223 e. The molecule has 1 amide bonds. The Balaban J connectivity index is 1.36. The lowest BCUT2D eigenvalue weighted by Crippen LogP contribution is -2.52. The zero-order chi connectivity index (χ0) is 23.8. The third-order valence-corrected chi connectivity index (χ3v) is 6.86. The van der Waals surface area contributed by atoms with Crippen LogP contribution in [0.15, 0.2) is 30.3 Å². The van der Waals surface area contributed by atoms with Gasteiger partial charge < -0.3 is 14.4 Å². The van der Waals surface area contributed by atoms with E-state index in [1.54, 1.807) is 29.2 Å². The van der Waals surface area contributed by atoms with E-state index in [9.17, 15) is 14.4 Å². The lowest BCUT2D eigenvalue weighted by Gasteiger charge is -2.44. The molecule has 0 aromatic heterocycles. The van der Waals surface area contributed by atoms with Crippen molar-refractivity contribution in [3.05, 3.63) is 57.1 Å². The van der Waals surface area contributed by atoms with Crippen molar-refractivity contribution < 1.29 is 23.9 Å². The fraction of sp³-hybridized carbons (Fsp3) is 0.400. The van der Waals surface area contributed by atoms with Crippen molar-refractivity contribution in [1.29, 1.82) is 0 Å². The van der Waals surface area contributed by atoms with Gasteiger partial charge in [0.25, 0.3) is 0 Å². The summed E-state index contributed by atoms with van der Waals surface area (Å²) in [6, 6.07) is 8.56. The summed E-state index contributed by atoms with van der Waals surface area (Å²) in [6.45, 7) is 2.81. The number of hydrogen-bond acceptors (Lipinski definition) is 5. The van der Waals surface area contributed by atoms with Crippen molar-refractivity contribution in [2.45, 2.75) is 44.6 Å². The van der Waals surface area contributed by atoms with E-state index in [0.717, 1.165) is 5.56 Å². The molecule has 0 N–H and O–H groups in total. The quantitative estimate of drug-likeness (QED) is 0.532. The van der Waals surface area contributed by atoms with E-state index >= 15 is 0 Å². The summed E-state index contributed by atoms with van der Waals surface area (Å²) in [5, 5.41) is 0.707. The van der Waals surface area contributed by atoms with Gasteiger partial charge in [0, 0.05) is 43.8 Å². The highest BCUT2D eigenvalue weighted by Crippen LogP contribution is 2.44. The SMILES string of the molecule is COc1ccc(C)cc1C(=O)CCC(=O)N1CCC2(CC1)CC(=O)c1cc(Cl)cc(Cl)c1O2. The van der Waals surface area contributed by atoms with Crippen molar-refractivity contribution in [1.82, 2.24) is 4.90 Å². The van der Waals surface area contributed by atoms with Gasteiger partial charge in [0.05, 0.1) is 29.7 Å². The van der Waals surface area contributed by atoms with Gasteiger partial charge in [0.15, 0.2) is 11.6 Å². The highest BCUT2D eigenvalue weighted by molar-refractivity contribution is 6.36. The number of ketones is 2. The molecule has 174 valence electrons. The Bertz CT molecular complexity index is 1120. The van der Waals surface area contributed by atoms with Crippen LogP contribution in [-0.2, 0) is 4.79 Å². The first-order valence-corrected chi connectivity index (χ1v) is 11.6. The van der Waals surface area contributed by atoms with Crippen LogP contribution in [0.3, 0.4) is 0 Å². The minimum atomic E-state index is -0.677. The molecule has 0 unspecified atom stereocenters. The van der Waals surface area contributed by atoms with E-state index in [-0.39, 0.29) is 36.7 Å². The first kappa shape index (κ1) is 23.6. The summed E-state index contributed by atoms with van der Waals surface area (Å²) in [5.41, 5.74) is 1.18. The molecule has 0 atom stereocenters. The first-order chi connectivity index (χ1) is 15.7. The van der Waals surface area contributed by atoms with Gasteiger partial charge in [0.1, 0.15) is 17.1 Å². The molecule has 33 heavy (non-hydrogen) atoms. The number of methoxy groups -OCH3 is 1. The molecule has 6 nitrogen and oxygen atoms in total. The van der Waals surface area contributed by atoms with E-state index in [1.165, 1.54) is 7.11 Å². The molecule has 2 aliphatic heterocycles. The number of carbonyl (C=O) groups excluding carboxylic acids is 3. The van der Waals surface area contributed by atoms with Crippen molar-refractivity contribution >= 4 is 40.7 Å². The van der Waals surface area contributed by atoms with Gasteiger partial charge in [-0.15, -0.1) is 0 Å². The summed E-state index contributed by atoms with van der Waals surface area (Å²) in [4.78, 5) is 39.9. The standard InChI is InChI=1S/C25H25Cl2NO5/c1-15-3-5-22(32-2)17(11-15)20(29)4-6-23(31)28-9-7-25(8-10-28)14-21(30)18-12-16(26)13-19(27)24(18)33-25/h3,5,11-13H,4,6-10,14H2,1-2H3. The average molecular weight is 490 g/mol. The Morgan fingerprint density at radius 2 is 1.85 bits per heavy atom. The zero-order valence-corrected chi connectivity index (χ0v) is 20.1. The number of halogens is 2. The Morgan fingerprint density at radius 1 is 1.12 bits per heavy atom. The summed E-state index contributed by atoms with van der Waals surface area (Å²) in [7, 11) is 1.52. The lowest BCUT2D eigenvalue weighted by atomic mass is 9.82. The molecular weight excluding hydrogens is 465 g/mol. The molecule has 2 aromatic rings. The minimum absolute atomic E-state index is 0.0573. The first-order valence-electron chi connectivity index (χ1n) is 10.9. The molecule has 0 aliphatic carbocycles. The van der Waals surface area contributed by atoms with Gasteiger partial charge in [-0.25, -0.2) is 0 Å². The highest BCUT2D eigenvalue weighted by Gasteiger charge is 2.44. The topological polar surface area (TPSA) is 72.9 Å². The van der Waals surface area contributed by atoms with E-state index < -0.39 is 5.60 Å². The molecule has 8 heteroatoms. The molecular formula is C25H25Cl2NO5. The van der Waals surface area contributed by atoms with Gasteiger partial charge in [-0.3, -0.25) is 14.4 Å². The van der Waals surface area contributed by atoms with E-state index in [4.69, 9.17) is 32.7 Å². The summed E-state index contributed by atoms with van der Waals surface area (Å²) in [5.74, 6) is 0.617. The maximum Gasteiger partial charge on any atom is 0.223 e. The second-order valence-electron chi connectivity index (χ2n) is 8.66. The van der Waals surface area contributed by atoms with Gasteiger partial charge in [-0.1, -0.05) is 34.8 Å². The third-order valence-electron chi connectivity index (χ3n) is 6.36. The Morgan fingerprint density at radius 3 is 2.55 bits per heavy atom. The van der Waals surface area contributed by atoms with Crippen molar-refractivity contribution in [3.8, 4) is 11.5 Å². The zero-order valence-electron chi connectivity index (χ0n) is 18.6. The number of piperidine rings is 1. The van der Waals surface area contributed by atoms with Crippen LogP contribution in [0.4, 0.5) is 0 Å². The molecule has 1 spiro atoms. The second-order valence-corrected chi connectivity index (χ2v) is 9.50. The van der Waals surface area contributed by atoms with E-state index in [2.05, 4.69) is 0 Å². The number of rotatable bonds is 5. The number of hydrogen-bond donors (Lipinski definition) is 0. The second kappa shape index (κ2) is 9.35. The fourth-order valence-electron chi connectivity index (χ4n) is 4.51. The van der Waals surface area contributed by atoms with Gasteiger partial charge in [-0.05, 0) is 31.2 Å². The number of fused-ring (bicyclic) bond motifs is 1. The molecule has 2 aliphatic rings. The van der Waals surface area contributed by atoms with Crippen LogP contribution in [0.25, 0.3) is 0 Å². The van der Waals surface area contributed by atoms with Crippen LogP contribution in [0, 0.1) is 6.92 Å². The molecule has 1 saturated heterocycles. The van der Waals surface area contributed by atoms with Crippen LogP contribution in [0.1, 0.15) is 58.4 Å². The number of carbonyl (C=O) groups is 3. The van der Waals surface area contributed by atoms with Crippen molar-refractivity contribution in [2.75, 3.05) is 20.2 Å². The molecule has 0 saturated carbocycles. The van der Waals surface area contributed by atoms with Gasteiger partial charge in [0.2, 0.25) is 5.91 Å². The number of benzene rings is 2. The average Bonchev–Trinajstić information content (AvgIpc) is 2.78. The Hall–Kier alpha value is -2.57. The normalized spacial score (nSPS) is 16.8. The van der Waals surface area contributed by atoms with Gasteiger partial charge >= 0.3 is 0 Å². The van der Waals surface area contributed by atoms with Crippen molar-refractivity contribution in [2.24, 2.45) is 0 Å². The van der Waals surface area contributed by atoms with E-state index in [0.29, 0.717) is 58.6 Å². The molecule has 0 bridgehead atoms. The number of ether oxygens (including phenoxy) is 2. The Kier molecular flexibility index (Phi) is 6.68. The van der Waals surface area contributed by atoms with E-state index in [1.807, 2.05) is 13.0 Å². The predicted octanol–water partition coefficient (Wildman–Crippen LogP) is 5.30. The number of likely N-dealkylation sites (tertiary alicyclic amines) is 1. The lowest BCUT2D eigenvalue weighted by molar-refractivity contribution is -0.134. The number of nitrogens with zero attached hydrogens (tertiary/aromatic N) is 1. The summed E-state index contributed by atoms with van der Waals surface area (Å²) in [6.07, 6.45) is 1.49. The molecule has 1 fully saturated rings. The van der Waals surface area contributed by atoms with Crippen LogP contribution in [-0.4, -0.2) is 48.2 Å². The largest absolute Gasteiger partial charge is 0.496 e. The maximum atomic E-state index is 12.8. The molecule has 2 heterocycles.